The van der Waals surface area contributed by atoms with Gasteiger partial charge >= 0.3 is 0 Å². The lowest BCUT2D eigenvalue weighted by molar-refractivity contribution is 0.0873. The summed E-state index contributed by atoms with van der Waals surface area (Å²) in [7, 11) is 1.79. The maximum Gasteiger partial charge on any atom is 0.0502 e. The van der Waals surface area contributed by atoms with Crippen LogP contribution in [-0.4, -0.2) is 44.3 Å². The Balaban J connectivity index is 2.23. The maximum absolute atomic E-state index is 6.06. The van der Waals surface area contributed by atoms with Gasteiger partial charge in [-0.2, -0.15) is 0 Å². The quantitative estimate of drug-likeness (QED) is 0.728. The van der Waals surface area contributed by atoms with Crippen LogP contribution in [0.3, 0.4) is 0 Å². The monoisotopic (exact) mass is 214 g/mol. The molecule has 0 saturated carbocycles. The zero-order valence-corrected chi connectivity index (χ0v) is 10.2. The number of piperidine rings is 1. The fourth-order valence-electron chi connectivity index (χ4n) is 2.48. The van der Waals surface area contributed by atoms with Gasteiger partial charge in [0.2, 0.25) is 0 Å². The lowest BCUT2D eigenvalue weighted by Gasteiger charge is -2.33. The Morgan fingerprint density at radius 2 is 2.33 bits per heavy atom. The highest BCUT2D eigenvalue weighted by Gasteiger charge is 2.20. The van der Waals surface area contributed by atoms with Crippen LogP contribution < -0.4 is 5.73 Å². The van der Waals surface area contributed by atoms with E-state index in [4.69, 9.17) is 10.5 Å². The third-order valence-corrected chi connectivity index (χ3v) is 3.16. The number of hydrogen-bond acceptors (Lipinski definition) is 3. The largest absolute Gasteiger partial charge is 0.384 e. The molecule has 1 saturated heterocycles. The van der Waals surface area contributed by atoms with E-state index in [1.165, 1.54) is 32.4 Å². The number of rotatable bonds is 6. The second kappa shape index (κ2) is 7.20. The van der Waals surface area contributed by atoms with Crippen molar-refractivity contribution in [3.8, 4) is 0 Å². The van der Waals surface area contributed by atoms with Gasteiger partial charge in [0.1, 0.15) is 0 Å². The van der Waals surface area contributed by atoms with E-state index in [1.807, 2.05) is 0 Å². The van der Waals surface area contributed by atoms with E-state index in [1.54, 1.807) is 7.11 Å². The van der Waals surface area contributed by atoms with E-state index in [0.717, 1.165) is 25.5 Å². The smallest absolute Gasteiger partial charge is 0.0502 e. The molecular formula is C12H26N2O. The van der Waals surface area contributed by atoms with Crippen LogP contribution in [0, 0.1) is 5.92 Å². The molecule has 0 aliphatic carbocycles. The Hall–Kier alpha value is -0.120. The van der Waals surface area contributed by atoms with Gasteiger partial charge in [0.05, 0.1) is 6.61 Å². The molecule has 0 aromatic carbocycles. The molecule has 0 radical (unpaired) electrons. The van der Waals surface area contributed by atoms with E-state index in [2.05, 4.69) is 11.8 Å². The van der Waals surface area contributed by atoms with Gasteiger partial charge in [0, 0.05) is 26.2 Å². The molecule has 3 heteroatoms. The first-order valence-corrected chi connectivity index (χ1v) is 6.23. The Morgan fingerprint density at radius 1 is 1.53 bits per heavy atom. The zero-order valence-electron chi connectivity index (χ0n) is 10.2. The van der Waals surface area contributed by atoms with Crippen molar-refractivity contribution in [1.82, 2.24) is 4.90 Å². The van der Waals surface area contributed by atoms with Gasteiger partial charge in [0.25, 0.3) is 0 Å². The molecule has 0 aromatic rings. The Morgan fingerprint density at radius 3 is 3.00 bits per heavy atom. The van der Waals surface area contributed by atoms with Gasteiger partial charge in [-0.15, -0.1) is 0 Å². The van der Waals surface area contributed by atoms with Crippen molar-refractivity contribution in [2.45, 2.75) is 38.6 Å². The van der Waals surface area contributed by atoms with Gasteiger partial charge in [-0.1, -0.05) is 13.3 Å². The van der Waals surface area contributed by atoms with Crippen molar-refractivity contribution < 1.29 is 4.74 Å². The van der Waals surface area contributed by atoms with E-state index < -0.39 is 0 Å². The molecule has 1 rings (SSSR count). The minimum atomic E-state index is 0.358. The molecule has 1 fully saturated rings. The predicted octanol–water partition coefficient (Wildman–Crippen LogP) is 1.47. The van der Waals surface area contributed by atoms with Gasteiger partial charge in [-0.05, 0) is 31.7 Å². The predicted molar refractivity (Wildman–Crippen MR) is 63.9 cm³/mol. The topological polar surface area (TPSA) is 38.5 Å². The average Bonchev–Trinajstić information content (AvgIpc) is 2.19. The first-order chi connectivity index (χ1) is 7.26. The van der Waals surface area contributed by atoms with Gasteiger partial charge in [-0.3, -0.25) is 0 Å². The second-order valence-electron chi connectivity index (χ2n) is 4.77. The SMILES string of the molecule is CCCC(N)CN1CCCC(COC)C1. The fraction of sp³-hybridized carbons (Fsp3) is 1.00. The lowest BCUT2D eigenvalue weighted by Crippen LogP contribution is -2.43. The normalized spacial score (nSPS) is 25.4. The minimum Gasteiger partial charge on any atom is -0.384 e. The first kappa shape index (κ1) is 12.9. The highest BCUT2D eigenvalue weighted by Crippen LogP contribution is 2.16. The molecule has 2 N–H and O–H groups in total. The van der Waals surface area contributed by atoms with Crippen LogP contribution >= 0.6 is 0 Å². The standard InChI is InChI=1S/C12H26N2O/c1-3-5-12(13)9-14-7-4-6-11(8-14)10-15-2/h11-12H,3-10,13H2,1-2H3. The molecule has 0 aromatic heterocycles. The van der Waals surface area contributed by atoms with E-state index in [-0.39, 0.29) is 0 Å². The summed E-state index contributed by atoms with van der Waals surface area (Å²) in [5.74, 6) is 0.720. The molecule has 1 heterocycles. The molecule has 0 amide bonds. The van der Waals surface area contributed by atoms with E-state index >= 15 is 0 Å². The molecule has 1 aliphatic heterocycles. The van der Waals surface area contributed by atoms with Crippen molar-refractivity contribution in [1.29, 1.82) is 0 Å². The maximum atomic E-state index is 6.06. The van der Waals surface area contributed by atoms with Gasteiger partial charge in [0.15, 0.2) is 0 Å². The summed E-state index contributed by atoms with van der Waals surface area (Å²) in [5.41, 5.74) is 6.06. The summed E-state index contributed by atoms with van der Waals surface area (Å²) >= 11 is 0. The average molecular weight is 214 g/mol. The van der Waals surface area contributed by atoms with Crippen LogP contribution in [0.1, 0.15) is 32.6 Å². The van der Waals surface area contributed by atoms with Crippen LogP contribution in [0.15, 0.2) is 0 Å². The first-order valence-electron chi connectivity index (χ1n) is 6.23. The summed E-state index contributed by atoms with van der Waals surface area (Å²) in [6, 6.07) is 0.358. The molecule has 2 atom stereocenters. The number of nitrogens with zero attached hydrogens (tertiary/aromatic N) is 1. The lowest BCUT2D eigenvalue weighted by atomic mass is 9.98. The number of methoxy groups -OCH3 is 1. The van der Waals surface area contributed by atoms with Crippen LogP contribution in [0.5, 0.6) is 0 Å². The van der Waals surface area contributed by atoms with Crippen molar-refractivity contribution in [3.63, 3.8) is 0 Å². The molecule has 1 aliphatic rings. The Kier molecular flexibility index (Phi) is 6.22. The van der Waals surface area contributed by atoms with Crippen molar-refractivity contribution in [2.24, 2.45) is 11.7 Å². The molecular weight excluding hydrogens is 188 g/mol. The third kappa shape index (κ3) is 4.96. The molecule has 15 heavy (non-hydrogen) atoms. The second-order valence-corrected chi connectivity index (χ2v) is 4.77. The van der Waals surface area contributed by atoms with Gasteiger partial charge in [-0.25, -0.2) is 0 Å². The van der Waals surface area contributed by atoms with Crippen molar-refractivity contribution in [2.75, 3.05) is 33.4 Å². The van der Waals surface area contributed by atoms with E-state index in [9.17, 15) is 0 Å². The molecule has 0 spiro atoms. The van der Waals surface area contributed by atoms with Crippen LogP contribution in [-0.2, 0) is 4.74 Å². The summed E-state index contributed by atoms with van der Waals surface area (Å²) < 4.78 is 5.22. The van der Waals surface area contributed by atoms with E-state index in [0.29, 0.717) is 6.04 Å². The van der Waals surface area contributed by atoms with Crippen LogP contribution in [0.4, 0.5) is 0 Å². The molecule has 3 nitrogen and oxygen atoms in total. The number of likely N-dealkylation sites (tertiary alicyclic amines) is 1. The van der Waals surface area contributed by atoms with Gasteiger partial charge < -0.3 is 15.4 Å². The fourth-order valence-corrected chi connectivity index (χ4v) is 2.48. The number of nitrogens with two attached hydrogens (primary N) is 1. The van der Waals surface area contributed by atoms with Crippen LogP contribution in [0.25, 0.3) is 0 Å². The summed E-state index contributed by atoms with van der Waals surface area (Å²) in [4.78, 5) is 2.51. The number of hydrogen-bond donors (Lipinski definition) is 1. The number of ether oxygens (including phenoxy) is 1. The molecule has 2 unspecified atom stereocenters. The Bertz CT molecular complexity index is 160. The minimum absolute atomic E-state index is 0.358. The summed E-state index contributed by atoms with van der Waals surface area (Å²) in [6.45, 7) is 6.56. The highest BCUT2D eigenvalue weighted by atomic mass is 16.5. The summed E-state index contributed by atoms with van der Waals surface area (Å²) in [6.07, 6.45) is 4.95. The van der Waals surface area contributed by atoms with Crippen molar-refractivity contribution in [3.05, 3.63) is 0 Å². The zero-order chi connectivity index (χ0) is 11.1. The summed E-state index contributed by atoms with van der Waals surface area (Å²) in [5, 5.41) is 0. The Labute approximate surface area is 94.0 Å². The van der Waals surface area contributed by atoms with Crippen molar-refractivity contribution >= 4 is 0 Å². The van der Waals surface area contributed by atoms with Crippen LogP contribution in [0.2, 0.25) is 0 Å². The highest BCUT2D eigenvalue weighted by molar-refractivity contribution is 4.76. The molecule has 0 bridgehead atoms. The molecule has 90 valence electrons. The third-order valence-electron chi connectivity index (χ3n) is 3.16.